The first-order valence-corrected chi connectivity index (χ1v) is 8.57. The van der Waals surface area contributed by atoms with Gasteiger partial charge in [0.25, 0.3) is 0 Å². The number of aromatic nitrogens is 2. The van der Waals surface area contributed by atoms with Crippen molar-refractivity contribution in [1.82, 2.24) is 19.8 Å². The second kappa shape index (κ2) is 7.39. The Bertz CT molecular complexity index is 760. The van der Waals surface area contributed by atoms with Crippen molar-refractivity contribution >= 4 is 22.4 Å². The molecule has 0 saturated carbocycles. The van der Waals surface area contributed by atoms with Gasteiger partial charge in [0.2, 0.25) is 10.0 Å². The van der Waals surface area contributed by atoms with Crippen LogP contribution in [0.2, 0.25) is 0 Å². The first-order chi connectivity index (χ1) is 10.6. The van der Waals surface area contributed by atoms with Crippen LogP contribution >= 0.6 is 12.4 Å². The fourth-order valence-corrected chi connectivity index (χ4v) is 3.68. The van der Waals surface area contributed by atoms with Gasteiger partial charge in [0.15, 0.2) is 0 Å². The van der Waals surface area contributed by atoms with E-state index in [1.807, 2.05) is 0 Å². The summed E-state index contributed by atoms with van der Waals surface area (Å²) in [7, 11) is -3.64. The molecule has 1 aliphatic heterocycles. The van der Waals surface area contributed by atoms with E-state index < -0.39 is 15.8 Å². The zero-order chi connectivity index (χ0) is 15.6. The van der Waals surface area contributed by atoms with E-state index in [1.54, 1.807) is 18.2 Å². The van der Waals surface area contributed by atoms with Gasteiger partial charge >= 0.3 is 0 Å². The molecule has 0 aliphatic carbocycles. The summed E-state index contributed by atoms with van der Waals surface area (Å²) in [6.45, 7) is 1.59. The SMILES string of the molecule is Cl.O=S(=O)(NC1CCNCC1)c1cnn(-c2ccccc2F)c1. The van der Waals surface area contributed by atoms with Crippen molar-refractivity contribution in [2.45, 2.75) is 23.8 Å². The van der Waals surface area contributed by atoms with Crippen LogP contribution < -0.4 is 10.0 Å². The van der Waals surface area contributed by atoms with Gasteiger partial charge < -0.3 is 5.32 Å². The number of hydrogen-bond donors (Lipinski definition) is 2. The van der Waals surface area contributed by atoms with Gasteiger partial charge in [-0.05, 0) is 38.1 Å². The second-order valence-corrected chi connectivity index (χ2v) is 6.93. The topological polar surface area (TPSA) is 76.0 Å². The molecule has 23 heavy (non-hydrogen) atoms. The maximum absolute atomic E-state index is 13.7. The van der Waals surface area contributed by atoms with Gasteiger partial charge in [-0.3, -0.25) is 0 Å². The number of nitrogens with one attached hydrogen (secondary N) is 2. The van der Waals surface area contributed by atoms with Crippen LogP contribution in [-0.2, 0) is 10.0 Å². The molecule has 1 aliphatic rings. The molecule has 2 N–H and O–H groups in total. The van der Waals surface area contributed by atoms with Crippen molar-refractivity contribution in [1.29, 1.82) is 0 Å². The number of benzene rings is 1. The van der Waals surface area contributed by atoms with E-state index in [1.165, 1.54) is 23.1 Å². The monoisotopic (exact) mass is 360 g/mol. The predicted molar refractivity (Wildman–Crippen MR) is 87.0 cm³/mol. The normalized spacial score (nSPS) is 16.0. The van der Waals surface area contributed by atoms with Crippen molar-refractivity contribution in [3.63, 3.8) is 0 Å². The quantitative estimate of drug-likeness (QED) is 0.865. The van der Waals surface area contributed by atoms with Crippen molar-refractivity contribution in [3.8, 4) is 5.69 Å². The third kappa shape index (κ3) is 4.08. The highest BCUT2D eigenvalue weighted by atomic mass is 35.5. The van der Waals surface area contributed by atoms with Crippen molar-refractivity contribution in [2.24, 2.45) is 0 Å². The molecule has 9 heteroatoms. The van der Waals surface area contributed by atoms with Crippen LogP contribution in [0.15, 0.2) is 41.6 Å². The molecular formula is C14H18ClFN4O2S. The third-order valence-electron chi connectivity index (χ3n) is 3.63. The minimum atomic E-state index is -3.64. The van der Waals surface area contributed by atoms with Crippen molar-refractivity contribution in [3.05, 3.63) is 42.5 Å². The fourth-order valence-electron chi connectivity index (χ4n) is 2.44. The summed E-state index contributed by atoms with van der Waals surface area (Å²) in [5.74, 6) is -0.458. The maximum atomic E-state index is 13.7. The molecule has 1 saturated heterocycles. The van der Waals surface area contributed by atoms with Crippen LogP contribution in [0.1, 0.15) is 12.8 Å². The lowest BCUT2D eigenvalue weighted by atomic mass is 10.1. The highest BCUT2D eigenvalue weighted by Gasteiger charge is 2.23. The number of piperidine rings is 1. The lowest BCUT2D eigenvalue weighted by Gasteiger charge is -2.23. The van der Waals surface area contributed by atoms with Crippen molar-refractivity contribution < 1.29 is 12.8 Å². The Morgan fingerprint density at radius 3 is 2.65 bits per heavy atom. The molecule has 3 rings (SSSR count). The summed E-state index contributed by atoms with van der Waals surface area (Å²) in [6.07, 6.45) is 4.05. The van der Waals surface area contributed by atoms with E-state index in [9.17, 15) is 12.8 Å². The van der Waals surface area contributed by atoms with Crippen LogP contribution in [-0.4, -0.2) is 37.3 Å². The number of nitrogens with zero attached hydrogens (tertiary/aromatic N) is 2. The summed E-state index contributed by atoms with van der Waals surface area (Å²) in [6, 6.07) is 6.00. The van der Waals surface area contributed by atoms with Crippen LogP contribution in [0.3, 0.4) is 0 Å². The Labute approximate surface area is 140 Å². The fraction of sp³-hybridized carbons (Fsp3) is 0.357. The van der Waals surface area contributed by atoms with E-state index in [-0.39, 0.29) is 29.0 Å². The third-order valence-corrected chi connectivity index (χ3v) is 5.10. The Balaban J connectivity index is 0.00000192. The largest absolute Gasteiger partial charge is 0.317 e. The van der Waals surface area contributed by atoms with Crippen LogP contribution in [0, 0.1) is 5.82 Å². The van der Waals surface area contributed by atoms with E-state index in [2.05, 4.69) is 15.1 Å². The van der Waals surface area contributed by atoms with Gasteiger partial charge in [0, 0.05) is 6.04 Å². The number of halogens is 2. The zero-order valence-corrected chi connectivity index (χ0v) is 13.9. The zero-order valence-electron chi connectivity index (χ0n) is 12.3. The van der Waals surface area contributed by atoms with Crippen LogP contribution in [0.5, 0.6) is 0 Å². The molecule has 0 bridgehead atoms. The van der Waals surface area contributed by atoms with Crippen LogP contribution in [0.25, 0.3) is 5.69 Å². The molecule has 1 aromatic heterocycles. The molecule has 6 nitrogen and oxygen atoms in total. The average Bonchev–Trinajstić information content (AvgIpc) is 2.99. The first-order valence-electron chi connectivity index (χ1n) is 7.09. The summed E-state index contributed by atoms with van der Waals surface area (Å²) >= 11 is 0. The molecule has 126 valence electrons. The van der Waals surface area contributed by atoms with Gasteiger partial charge in [-0.2, -0.15) is 5.10 Å². The number of para-hydroxylation sites is 1. The van der Waals surface area contributed by atoms with Gasteiger partial charge in [0.05, 0.1) is 12.4 Å². The Morgan fingerprint density at radius 1 is 1.26 bits per heavy atom. The second-order valence-electron chi connectivity index (χ2n) is 5.22. The molecule has 2 heterocycles. The summed E-state index contributed by atoms with van der Waals surface area (Å²) in [5, 5.41) is 7.13. The highest BCUT2D eigenvalue weighted by Crippen LogP contribution is 2.16. The molecule has 0 atom stereocenters. The van der Waals surface area contributed by atoms with E-state index >= 15 is 0 Å². The number of sulfonamides is 1. The predicted octanol–water partition coefficient (Wildman–Crippen LogP) is 1.46. The Hall–Kier alpha value is -1.48. The lowest BCUT2D eigenvalue weighted by Crippen LogP contribution is -2.42. The summed E-state index contributed by atoms with van der Waals surface area (Å²) in [5.41, 5.74) is 0.214. The average molecular weight is 361 g/mol. The lowest BCUT2D eigenvalue weighted by molar-refractivity contribution is 0.427. The molecular weight excluding hydrogens is 343 g/mol. The van der Waals surface area contributed by atoms with E-state index in [0.29, 0.717) is 0 Å². The number of hydrogen-bond acceptors (Lipinski definition) is 4. The van der Waals surface area contributed by atoms with Gasteiger partial charge in [-0.15, -0.1) is 12.4 Å². The molecule has 2 aromatic rings. The highest BCUT2D eigenvalue weighted by molar-refractivity contribution is 7.89. The minimum Gasteiger partial charge on any atom is -0.317 e. The first kappa shape index (κ1) is 17.9. The van der Waals surface area contributed by atoms with Gasteiger partial charge in [0.1, 0.15) is 16.4 Å². The molecule has 0 amide bonds. The van der Waals surface area contributed by atoms with E-state index in [0.717, 1.165) is 25.9 Å². The maximum Gasteiger partial charge on any atom is 0.243 e. The smallest absolute Gasteiger partial charge is 0.243 e. The van der Waals surface area contributed by atoms with Crippen molar-refractivity contribution in [2.75, 3.05) is 13.1 Å². The van der Waals surface area contributed by atoms with E-state index in [4.69, 9.17) is 0 Å². The molecule has 1 fully saturated rings. The Kier molecular flexibility index (Phi) is 5.74. The van der Waals surface area contributed by atoms with Crippen LogP contribution in [0.4, 0.5) is 4.39 Å². The summed E-state index contributed by atoms with van der Waals surface area (Å²) < 4.78 is 42.3. The minimum absolute atomic E-state index is 0. The number of rotatable bonds is 4. The summed E-state index contributed by atoms with van der Waals surface area (Å²) in [4.78, 5) is 0.0364. The van der Waals surface area contributed by atoms with Gasteiger partial charge in [-0.25, -0.2) is 22.2 Å². The molecule has 1 aromatic carbocycles. The Morgan fingerprint density at radius 2 is 1.96 bits per heavy atom. The molecule has 0 unspecified atom stereocenters. The standard InChI is InChI=1S/C14H17FN4O2S.ClH/c15-13-3-1-2-4-14(13)19-10-12(9-17-19)22(20,21)18-11-5-7-16-8-6-11;/h1-4,9-11,16,18H,5-8H2;1H. The molecule has 0 radical (unpaired) electrons. The van der Waals surface area contributed by atoms with Gasteiger partial charge in [-0.1, -0.05) is 12.1 Å². The molecule has 0 spiro atoms.